The Kier molecular flexibility index (Phi) is 6.07. The maximum atomic E-state index is 12.6. The summed E-state index contributed by atoms with van der Waals surface area (Å²) in [5, 5.41) is 18.3. The number of aromatic nitrogens is 2. The lowest BCUT2D eigenvalue weighted by Gasteiger charge is -2.13. The zero-order valence-corrected chi connectivity index (χ0v) is 17.8. The number of nitrogens with zero attached hydrogens (tertiary/aromatic N) is 3. The first-order chi connectivity index (χ1) is 14.2. The van der Waals surface area contributed by atoms with Gasteiger partial charge in [-0.2, -0.15) is 5.10 Å². The van der Waals surface area contributed by atoms with Crippen LogP contribution < -0.4 is 10.1 Å². The smallest absolute Gasteiger partial charge is 0.277 e. The minimum Gasteiger partial charge on any atom is -0.457 e. The number of carbonyl (C=O) groups excluding carboxylic acids is 1. The molecule has 0 atom stereocenters. The van der Waals surface area contributed by atoms with Crippen molar-refractivity contribution in [3.05, 3.63) is 74.0 Å². The summed E-state index contributed by atoms with van der Waals surface area (Å²) in [6.45, 7) is 8.24. The van der Waals surface area contributed by atoms with Gasteiger partial charge >= 0.3 is 0 Å². The van der Waals surface area contributed by atoms with Crippen LogP contribution in [0.5, 0.6) is 11.5 Å². The van der Waals surface area contributed by atoms with Gasteiger partial charge in [-0.1, -0.05) is 17.7 Å². The molecular formula is C21H21ClN4O4. The van der Waals surface area contributed by atoms with Gasteiger partial charge in [0.25, 0.3) is 11.6 Å². The molecule has 1 aromatic heterocycles. The molecule has 0 spiro atoms. The van der Waals surface area contributed by atoms with Crippen LogP contribution in [0.2, 0.25) is 5.02 Å². The standard InChI is InChI=1S/C21H21ClN4O4/c1-5-25-11-18(22)20(24-25)21(27)23-15-8-16(26(28)29)10-17(9-15)30-19-7-12(2)6-13(3)14(19)4/h6-11H,5H2,1-4H3,(H,23,27). The highest BCUT2D eigenvalue weighted by atomic mass is 35.5. The van der Waals surface area contributed by atoms with Crippen molar-refractivity contribution in [1.82, 2.24) is 9.78 Å². The van der Waals surface area contributed by atoms with E-state index < -0.39 is 10.8 Å². The van der Waals surface area contributed by atoms with Crippen LogP contribution in [0.3, 0.4) is 0 Å². The van der Waals surface area contributed by atoms with Crippen molar-refractivity contribution < 1.29 is 14.5 Å². The van der Waals surface area contributed by atoms with Gasteiger partial charge in [0.1, 0.15) is 11.5 Å². The van der Waals surface area contributed by atoms with E-state index in [2.05, 4.69) is 10.4 Å². The first kappa shape index (κ1) is 21.3. The third-order valence-corrected chi connectivity index (χ3v) is 4.88. The first-order valence-corrected chi connectivity index (χ1v) is 9.65. The minimum absolute atomic E-state index is 0.0395. The number of nitrogens with one attached hydrogen (secondary N) is 1. The molecule has 1 amide bonds. The quantitative estimate of drug-likeness (QED) is 0.416. The van der Waals surface area contributed by atoms with E-state index in [4.69, 9.17) is 16.3 Å². The molecule has 0 aliphatic heterocycles. The Balaban J connectivity index is 1.94. The van der Waals surface area contributed by atoms with Crippen LogP contribution in [0.25, 0.3) is 0 Å². The molecule has 1 heterocycles. The van der Waals surface area contributed by atoms with Crippen LogP contribution >= 0.6 is 11.6 Å². The summed E-state index contributed by atoms with van der Waals surface area (Å²) in [7, 11) is 0. The van der Waals surface area contributed by atoms with Gasteiger partial charge in [-0.3, -0.25) is 19.6 Å². The molecule has 3 aromatic rings. The number of nitro benzene ring substituents is 1. The highest BCUT2D eigenvalue weighted by molar-refractivity contribution is 6.34. The number of ether oxygens (including phenoxy) is 1. The number of amides is 1. The molecule has 8 nitrogen and oxygen atoms in total. The Bertz CT molecular complexity index is 1140. The zero-order chi connectivity index (χ0) is 22.0. The third kappa shape index (κ3) is 4.60. The average Bonchev–Trinajstić information content (AvgIpc) is 3.06. The molecule has 156 valence electrons. The Morgan fingerprint density at radius 1 is 1.23 bits per heavy atom. The van der Waals surface area contributed by atoms with Crippen LogP contribution in [0, 0.1) is 30.9 Å². The lowest BCUT2D eigenvalue weighted by molar-refractivity contribution is -0.384. The Labute approximate surface area is 178 Å². The topological polar surface area (TPSA) is 99.3 Å². The van der Waals surface area contributed by atoms with Crippen molar-refractivity contribution in [1.29, 1.82) is 0 Å². The van der Waals surface area contributed by atoms with Crippen molar-refractivity contribution >= 4 is 28.9 Å². The second-order valence-corrected chi connectivity index (χ2v) is 7.32. The third-order valence-electron chi connectivity index (χ3n) is 4.61. The van der Waals surface area contributed by atoms with E-state index in [-0.39, 0.29) is 27.8 Å². The van der Waals surface area contributed by atoms with E-state index in [1.54, 1.807) is 6.20 Å². The molecular weight excluding hydrogens is 408 g/mol. The normalized spacial score (nSPS) is 10.7. The number of halogens is 1. The SMILES string of the molecule is CCn1cc(Cl)c(C(=O)Nc2cc(Oc3cc(C)cc(C)c3C)cc([N+](=O)[O-])c2)n1. The molecule has 30 heavy (non-hydrogen) atoms. The van der Waals surface area contributed by atoms with E-state index in [0.29, 0.717) is 12.3 Å². The lowest BCUT2D eigenvalue weighted by Crippen LogP contribution is -2.14. The summed E-state index contributed by atoms with van der Waals surface area (Å²) in [6, 6.07) is 7.97. The molecule has 0 radical (unpaired) electrons. The summed E-state index contributed by atoms with van der Waals surface area (Å²) < 4.78 is 7.46. The van der Waals surface area contributed by atoms with Gasteiger partial charge in [0, 0.05) is 24.9 Å². The number of benzene rings is 2. The average molecular weight is 429 g/mol. The zero-order valence-electron chi connectivity index (χ0n) is 17.0. The summed E-state index contributed by atoms with van der Waals surface area (Å²) in [6.07, 6.45) is 1.54. The fourth-order valence-corrected chi connectivity index (χ4v) is 3.19. The second kappa shape index (κ2) is 8.54. The molecule has 2 aromatic carbocycles. The van der Waals surface area contributed by atoms with E-state index in [1.807, 2.05) is 39.8 Å². The Hall–Kier alpha value is -3.39. The number of nitro groups is 1. The van der Waals surface area contributed by atoms with Crippen molar-refractivity contribution in [3.8, 4) is 11.5 Å². The van der Waals surface area contributed by atoms with E-state index in [1.165, 1.54) is 22.9 Å². The fourth-order valence-electron chi connectivity index (χ4n) is 2.96. The maximum absolute atomic E-state index is 12.6. The fraction of sp³-hybridized carbons (Fsp3) is 0.238. The summed E-state index contributed by atoms with van der Waals surface area (Å²) in [5.74, 6) is 0.258. The van der Waals surface area contributed by atoms with E-state index in [9.17, 15) is 14.9 Å². The molecule has 0 saturated heterocycles. The van der Waals surface area contributed by atoms with Crippen LogP contribution in [-0.2, 0) is 6.54 Å². The van der Waals surface area contributed by atoms with Crippen LogP contribution in [-0.4, -0.2) is 20.6 Å². The van der Waals surface area contributed by atoms with Crippen LogP contribution in [0.1, 0.15) is 34.1 Å². The molecule has 0 aliphatic rings. The van der Waals surface area contributed by atoms with Crippen LogP contribution in [0.15, 0.2) is 36.5 Å². The predicted molar refractivity (Wildman–Crippen MR) is 115 cm³/mol. The highest BCUT2D eigenvalue weighted by Gasteiger charge is 2.18. The highest BCUT2D eigenvalue weighted by Crippen LogP contribution is 2.33. The summed E-state index contributed by atoms with van der Waals surface area (Å²) >= 11 is 6.08. The number of hydrogen-bond donors (Lipinski definition) is 1. The van der Waals surface area contributed by atoms with Gasteiger partial charge in [0.05, 0.1) is 21.7 Å². The second-order valence-electron chi connectivity index (χ2n) is 6.92. The van der Waals surface area contributed by atoms with Gasteiger partial charge in [-0.25, -0.2) is 0 Å². The van der Waals surface area contributed by atoms with Crippen molar-refractivity contribution in [2.24, 2.45) is 0 Å². The van der Waals surface area contributed by atoms with Gasteiger partial charge in [-0.15, -0.1) is 0 Å². The minimum atomic E-state index is -0.568. The lowest BCUT2D eigenvalue weighted by atomic mass is 10.1. The number of carbonyl (C=O) groups is 1. The number of non-ortho nitro benzene ring substituents is 1. The number of aryl methyl sites for hydroxylation is 3. The molecule has 0 unspecified atom stereocenters. The largest absolute Gasteiger partial charge is 0.457 e. The Morgan fingerprint density at radius 2 is 1.97 bits per heavy atom. The van der Waals surface area contributed by atoms with Crippen molar-refractivity contribution in [3.63, 3.8) is 0 Å². The maximum Gasteiger partial charge on any atom is 0.277 e. The van der Waals surface area contributed by atoms with Gasteiger partial charge in [-0.05, 0) is 50.5 Å². The van der Waals surface area contributed by atoms with Gasteiger partial charge in [0.15, 0.2) is 5.69 Å². The molecule has 9 heteroatoms. The number of hydrogen-bond acceptors (Lipinski definition) is 5. The van der Waals surface area contributed by atoms with E-state index in [0.717, 1.165) is 16.7 Å². The first-order valence-electron chi connectivity index (χ1n) is 9.27. The van der Waals surface area contributed by atoms with Crippen molar-refractivity contribution in [2.75, 3.05) is 5.32 Å². The molecule has 0 saturated carbocycles. The molecule has 0 bridgehead atoms. The number of anilines is 1. The van der Waals surface area contributed by atoms with Gasteiger partial charge < -0.3 is 10.1 Å². The monoisotopic (exact) mass is 428 g/mol. The number of rotatable bonds is 6. The molecule has 0 aliphatic carbocycles. The summed E-state index contributed by atoms with van der Waals surface area (Å²) in [5.41, 5.74) is 3.01. The molecule has 1 N–H and O–H groups in total. The van der Waals surface area contributed by atoms with E-state index >= 15 is 0 Å². The predicted octanol–water partition coefficient (Wildman–Crippen LogP) is 5.43. The molecule has 3 rings (SSSR count). The van der Waals surface area contributed by atoms with Gasteiger partial charge in [0.2, 0.25) is 0 Å². The van der Waals surface area contributed by atoms with Crippen molar-refractivity contribution in [2.45, 2.75) is 34.2 Å². The Morgan fingerprint density at radius 3 is 2.60 bits per heavy atom. The summed E-state index contributed by atoms with van der Waals surface area (Å²) in [4.78, 5) is 23.4. The van der Waals surface area contributed by atoms with Crippen LogP contribution in [0.4, 0.5) is 11.4 Å². The molecule has 0 fully saturated rings.